The molecule has 6 nitrogen and oxygen atoms in total. The Balaban J connectivity index is 1.27. The van der Waals surface area contributed by atoms with Crippen LogP contribution in [0.4, 0.5) is 5.13 Å². The van der Waals surface area contributed by atoms with Crippen LogP contribution in [-0.4, -0.2) is 25.9 Å². The summed E-state index contributed by atoms with van der Waals surface area (Å²) in [5, 5.41) is 16.4. The minimum Gasteiger partial charge on any atom is -0.297 e. The Morgan fingerprint density at radius 3 is 2.44 bits per heavy atom. The number of rotatable bonds is 8. The quantitative estimate of drug-likeness (QED) is 0.144. The van der Waals surface area contributed by atoms with Gasteiger partial charge in [0.1, 0.15) is 0 Å². The van der Waals surface area contributed by atoms with Crippen LogP contribution < -0.4 is 5.32 Å². The van der Waals surface area contributed by atoms with Gasteiger partial charge in [0.2, 0.25) is 11.0 Å². The molecular weight excluding hydrogens is 486 g/mol. The summed E-state index contributed by atoms with van der Waals surface area (Å²) >= 11 is 2.97. The number of hydrogen-bond donors (Lipinski definition) is 1. The van der Waals surface area contributed by atoms with E-state index in [9.17, 15) is 4.79 Å². The second kappa shape index (κ2) is 11.2. The van der Waals surface area contributed by atoms with Crippen LogP contribution in [0.1, 0.15) is 16.7 Å². The Labute approximate surface area is 217 Å². The first-order valence-electron chi connectivity index (χ1n) is 11.4. The van der Waals surface area contributed by atoms with E-state index in [1.165, 1.54) is 28.5 Å². The second-order valence-corrected chi connectivity index (χ2v) is 10.2. The number of aryl methyl sites for hydroxylation is 1. The Morgan fingerprint density at radius 2 is 1.69 bits per heavy atom. The zero-order valence-electron chi connectivity index (χ0n) is 19.5. The Morgan fingerprint density at radius 1 is 0.972 bits per heavy atom. The molecule has 5 aromatic rings. The zero-order valence-corrected chi connectivity index (χ0v) is 21.2. The van der Waals surface area contributed by atoms with E-state index in [-0.39, 0.29) is 5.91 Å². The summed E-state index contributed by atoms with van der Waals surface area (Å²) in [6.45, 7) is 2.07. The van der Waals surface area contributed by atoms with Gasteiger partial charge in [-0.05, 0) is 30.7 Å². The van der Waals surface area contributed by atoms with E-state index in [4.69, 9.17) is 5.10 Å². The molecule has 0 atom stereocenters. The molecule has 2 aromatic heterocycles. The highest BCUT2D eigenvalue weighted by molar-refractivity contribution is 8.00. The molecule has 3 aromatic carbocycles. The predicted octanol–water partition coefficient (Wildman–Crippen LogP) is 6.64. The molecule has 0 radical (unpaired) electrons. The average Bonchev–Trinajstić information content (AvgIpc) is 3.55. The standard InChI is InChI=1S/C28H23N5OS2/c1-20-12-14-21(15-13-20)19-35-28-31-30-27(36-28)29-25(34)17-16-23-18-33(24-10-6-3-7-11-24)32-26(23)22-8-4-2-5-9-22/h2-18H,19H2,1H3,(H,29,30,34)/b17-16+. The molecule has 0 fully saturated rings. The number of para-hydroxylation sites is 1. The van der Waals surface area contributed by atoms with Crippen LogP contribution in [-0.2, 0) is 10.5 Å². The first-order valence-corrected chi connectivity index (χ1v) is 13.2. The van der Waals surface area contributed by atoms with Crippen LogP contribution in [0.15, 0.2) is 102 Å². The molecule has 5 rings (SSSR count). The van der Waals surface area contributed by atoms with Gasteiger partial charge in [-0.2, -0.15) is 5.10 Å². The first kappa shape index (κ1) is 23.7. The van der Waals surface area contributed by atoms with Gasteiger partial charge < -0.3 is 0 Å². The van der Waals surface area contributed by atoms with Crippen LogP contribution >= 0.6 is 23.1 Å². The van der Waals surface area contributed by atoms with Crippen molar-refractivity contribution in [3.05, 3.63) is 114 Å². The van der Waals surface area contributed by atoms with E-state index in [1.807, 2.05) is 71.5 Å². The van der Waals surface area contributed by atoms with Crippen molar-refractivity contribution in [2.75, 3.05) is 5.32 Å². The molecular formula is C28H23N5OS2. The number of nitrogens with one attached hydrogen (secondary N) is 1. The summed E-state index contributed by atoms with van der Waals surface area (Å²) in [5.74, 6) is 0.531. The van der Waals surface area contributed by atoms with Gasteiger partial charge in [-0.25, -0.2) is 4.68 Å². The lowest BCUT2D eigenvalue weighted by Gasteiger charge is -2.00. The fourth-order valence-corrected chi connectivity index (χ4v) is 5.21. The number of amides is 1. The minimum absolute atomic E-state index is 0.271. The van der Waals surface area contributed by atoms with E-state index < -0.39 is 0 Å². The fourth-order valence-electron chi connectivity index (χ4n) is 3.50. The monoisotopic (exact) mass is 509 g/mol. The Hall–Kier alpha value is -4.01. The van der Waals surface area contributed by atoms with Crippen LogP contribution in [0.25, 0.3) is 23.0 Å². The third kappa shape index (κ3) is 5.97. The summed E-state index contributed by atoms with van der Waals surface area (Å²) in [4.78, 5) is 12.6. The van der Waals surface area contributed by atoms with Gasteiger partial charge in [-0.15, -0.1) is 10.2 Å². The molecule has 0 saturated heterocycles. The molecule has 1 amide bonds. The number of nitrogens with zero attached hydrogens (tertiary/aromatic N) is 4. The maximum Gasteiger partial charge on any atom is 0.250 e. The maximum absolute atomic E-state index is 12.6. The third-order valence-corrected chi connectivity index (χ3v) is 7.39. The van der Waals surface area contributed by atoms with Gasteiger partial charge in [0.05, 0.1) is 11.4 Å². The number of anilines is 1. The topological polar surface area (TPSA) is 72.7 Å². The second-order valence-electron chi connectivity index (χ2n) is 8.05. The number of carbonyl (C=O) groups excluding carboxylic acids is 1. The van der Waals surface area contributed by atoms with Gasteiger partial charge in [0, 0.05) is 29.2 Å². The van der Waals surface area contributed by atoms with E-state index in [2.05, 4.69) is 46.7 Å². The summed E-state index contributed by atoms with van der Waals surface area (Å²) in [6.07, 6.45) is 5.20. The fraction of sp³-hybridized carbons (Fsp3) is 0.0714. The molecule has 2 heterocycles. The molecule has 0 saturated carbocycles. The number of benzene rings is 3. The normalized spacial score (nSPS) is 11.1. The van der Waals surface area contributed by atoms with Crippen LogP contribution in [0.3, 0.4) is 0 Å². The van der Waals surface area contributed by atoms with Crippen molar-refractivity contribution >= 4 is 40.2 Å². The Kier molecular flexibility index (Phi) is 7.35. The van der Waals surface area contributed by atoms with Crippen molar-refractivity contribution < 1.29 is 4.79 Å². The largest absolute Gasteiger partial charge is 0.297 e. The van der Waals surface area contributed by atoms with Crippen molar-refractivity contribution in [2.45, 2.75) is 17.0 Å². The summed E-state index contributed by atoms with van der Waals surface area (Å²) < 4.78 is 2.63. The summed E-state index contributed by atoms with van der Waals surface area (Å²) in [7, 11) is 0. The molecule has 0 aliphatic rings. The lowest BCUT2D eigenvalue weighted by molar-refractivity contribution is -0.111. The predicted molar refractivity (Wildman–Crippen MR) is 147 cm³/mol. The van der Waals surface area contributed by atoms with Crippen molar-refractivity contribution in [3.63, 3.8) is 0 Å². The van der Waals surface area contributed by atoms with E-state index in [0.29, 0.717) is 5.13 Å². The highest BCUT2D eigenvalue weighted by Crippen LogP contribution is 2.29. The molecule has 0 spiro atoms. The summed E-state index contributed by atoms with van der Waals surface area (Å²) in [6, 6.07) is 28.2. The number of thioether (sulfide) groups is 1. The highest BCUT2D eigenvalue weighted by Gasteiger charge is 2.12. The SMILES string of the molecule is Cc1ccc(CSc2nnc(NC(=O)/C=C/c3cn(-c4ccccc4)nc3-c3ccccc3)s2)cc1. The van der Waals surface area contributed by atoms with Gasteiger partial charge in [0.15, 0.2) is 4.34 Å². The highest BCUT2D eigenvalue weighted by atomic mass is 32.2. The van der Waals surface area contributed by atoms with Crippen molar-refractivity contribution in [1.29, 1.82) is 0 Å². The maximum atomic E-state index is 12.6. The Bertz CT molecular complexity index is 1480. The average molecular weight is 510 g/mol. The van der Waals surface area contributed by atoms with Crippen LogP contribution in [0.5, 0.6) is 0 Å². The van der Waals surface area contributed by atoms with E-state index >= 15 is 0 Å². The van der Waals surface area contributed by atoms with Gasteiger partial charge in [-0.1, -0.05) is 101 Å². The van der Waals surface area contributed by atoms with Crippen molar-refractivity contribution in [2.24, 2.45) is 0 Å². The van der Waals surface area contributed by atoms with Gasteiger partial charge >= 0.3 is 0 Å². The molecule has 1 N–H and O–H groups in total. The molecule has 0 unspecified atom stereocenters. The number of aromatic nitrogens is 4. The minimum atomic E-state index is -0.271. The number of hydrogen-bond acceptors (Lipinski definition) is 6. The van der Waals surface area contributed by atoms with Gasteiger partial charge in [0.25, 0.3) is 0 Å². The van der Waals surface area contributed by atoms with Crippen LogP contribution in [0, 0.1) is 6.92 Å². The van der Waals surface area contributed by atoms with E-state index in [0.717, 1.165) is 32.6 Å². The molecule has 0 aliphatic heterocycles. The lowest BCUT2D eigenvalue weighted by Crippen LogP contribution is -2.07. The van der Waals surface area contributed by atoms with Crippen molar-refractivity contribution in [1.82, 2.24) is 20.0 Å². The first-order chi connectivity index (χ1) is 17.6. The van der Waals surface area contributed by atoms with Crippen LogP contribution in [0.2, 0.25) is 0 Å². The third-order valence-electron chi connectivity index (χ3n) is 5.34. The molecule has 0 bridgehead atoms. The van der Waals surface area contributed by atoms with Crippen molar-refractivity contribution in [3.8, 4) is 16.9 Å². The molecule has 0 aliphatic carbocycles. The summed E-state index contributed by atoms with van der Waals surface area (Å²) in [5.41, 5.74) is 6.02. The van der Waals surface area contributed by atoms with E-state index in [1.54, 1.807) is 17.8 Å². The lowest BCUT2D eigenvalue weighted by atomic mass is 10.1. The zero-order chi connectivity index (χ0) is 24.7. The smallest absolute Gasteiger partial charge is 0.250 e. The molecule has 8 heteroatoms. The molecule has 178 valence electrons. The van der Waals surface area contributed by atoms with Gasteiger partial charge in [-0.3, -0.25) is 10.1 Å². The number of carbonyl (C=O) groups is 1. The molecule has 36 heavy (non-hydrogen) atoms.